The molecule has 0 spiro atoms. The summed E-state index contributed by atoms with van der Waals surface area (Å²) in [7, 11) is 0. The van der Waals surface area contributed by atoms with Crippen LogP contribution in [0.3, 0.4) is 0 Å². The number of primary amides is 1. The number of rotatable bonds is 54. The topological polar surface area (TPSA) is 680 Å². The zero-order valence-corrected chi connectivity index (χ0v) is 65.9. The summed E-state index contributed by atoms with van der Waals surface area (Å²) >= 11 is 0. The molecule has 0 aliphatic heterocycles. The van der Waals surface area contributed by atoms with Gasteiger partial charge in [0.2, 0.25) is 70.9 Å². The third-order valence-electron chi connectivity index (χ3n) is 19.0. The molecular weight excluding hydrogens is 1500 g/mol. The van der Waals surface area contributed by atoms with Crippen LogP contribution in [0.4, 0.5) is 0 Å². The van der Waals surface area contributed by atoms with Gasteiger partial charge in [-0.15, -0.1) is 0 Å². The molecule has 33 N–H and O–H groups in total. The van der Waals surface area contributed by atoms with Crippen LogP contribution in [0.2, 0.25) is 0 Å². The van der Waals surface area contributed by atoms with Crippen molar-refractivity contribution in [1.29, 1.82) is 10.8 Å². The number of para-hydroxylation sites is 2. The summed E-state index contributed by atoms with van der Waals surface area (Å²) < 4.78 is 0. The average molecular weight is 1620 g/mol. The van der Waals surface area contributed by atoms with Crippen molar-refractivity contribution in [2.75, 3.05) is 39.3 Å². The number of amides is 12. The van der Waals surface area contributed by atoms with Crippen LogP contribution >= 0.6 is 0 Å². The number of aliphatic hydroxyl groups is 1. The highest BCUT2D eigenvalue weighted by molar-refractivity contribution is 6.01. The summed E-state index contributed by atoms with van der Waals surface area (Å²) in [5.74, 6) is -13.6. The Kier molecular flexibility index (Phi) is 40.6. The molecule has 12 atom stereocenters. The lowest BCUT2D eigenvalue weighted by Gasteiger charge is -2.28. The smallest absolute Gasteiger partial charge is 0.326 e. The molecule has 636 valence electrons. The van der Waals surface area contributed by atoms with E-state index in [2.05, 4.69) is 79.1 Å². The standard InChI is InChI=1S/C77H118N24O15/c1-43(2)35-58(71(111)101-62(42-102)74(114)96-57(75(115)116)29-18-34-88-77(85)86)97-64(104)44(3)91-70(110)59(37-46-40-89-51-23-9-7-21-48(46)51)98-69(109)55(27-13-16-32-80)95-73(113)61(39-63(82)103)100-72(112)60(38-47-41-90-52-24-10-8-22-49(47)52)99-68(108)54(26-12-15-31-79)94-66(106)53(25-11-14-30-78)93-67(107)56(28-17-33-87-76(83)84)92-65(105)50(81)36-45-19-5-4-6-20-45/h4-10,19-24,40-41,43-44,50,53-62,89-90,102H,11-18,25-39,42,78-81H2,1-3H3,(H2,82,103)(H,91,110)(H,92,105)(H,93,107)(H,94,106)(H,95,113)(H,96,114)(H,97,104)(H,98,109)(H,99,108)(H,100,112)(H,101,111)(H,115,116)(H4,83,84,87)(H4,85,86,88)/t44-,50-,53-,54-,55-,56-,57-,58-,59-,60-,61-,62-/m0/s1. The maximum absolute atomic E-state index is 15.1. The first-order chi connectivity index (χ1) is 55.4. The first-order valence-corrected chi connectivity index (χ1v) is 39.0. The van der Waals surface area contributed by atoms with E-state index in [1.807, 2.05) is 6.07 Å². The Hall–Kier alpha value is -11.8. The quantitative estimate of drug-likeness (QED) is 0.0101. The number of nitrogens with one attached hydrogen (secondary N) is 17. The van der Waals surface area contributed by atoms with E-state index in [-0.39, 0.29) is 134 Å². The van der Waals surface area contributed by atoms with Crippen molar-refractivity contribution in [3.8, 4) is 0 Å². The van der Waals surface area contributed by atoms with Crippen molar-refractivity contribution in [2.45, 2.75) is 209 Å². The number of unbranched alkanes of at least 4 members (excludes halogenated alkanes) is 3. The van der Waals surface area contributed by atoms with Gasteiger partial charge < -0.3 is 129 Å². The number of hydrogen-bond donors (Lipinski definition) is 26. The number of aliphatic carboxylic acids is 1. The molecule has 0 saturated carbocycles. The van der Waals surface area contributed by atoms with Crippen molar-refractivity contribution in [1.82, 2.24) is 79.1 Å². The van der Waals surface area contributed by atoms with Gasteiger partial charge in [-0.25, -0.2) is 4.79 Å². The van der Waals surface area contributed by atoms with Crippen LogP contribution in [0.5, 0.6) is 0 Å². The van der Waals surface area contributed by atoms with Crippen LogP contribution in [0.1, 0.15) is 134 Å². The molecule has 39 nitrogen and oxygen atoms in total. The minimum atomic E-state index is -1.86. The first kappa shape index (κ1) is 94.8. The number of carbonyl (C=O) groups is 13. The van der Waals surface area contributed by atoms with Crippen LogP contribution in [0.25, 0.3) is 21.8 Å². The van der Waals surface area contributed by atoms with Crippen LogP contribution < -0.4 is 109 Å². The second-order valence-corrected chi connectivity index (χ2v) is 28.9. The van der Waals surface area contributed by atoms with Crippen LogP contribution in [-0.4, -0.2) is 221 Å². The predicted octanol–water partition coefficient (Wildman–Crippen LogP) is -3.73. The number of aromatic nitrogens is 2. The SMILES string of the molecule is CC(C)C[C@H](NC(=O)[C@H](C)NC(=O)[C@H](Cc1c[nH]c2ccccc12)NC(=O)[C@H](CCCCN)NC(=O)[C@H](CC(N)=O)NC(=O)[C@H](Cc1c[nH]c2ccccc12)NC(=O)[C@H](CCCCN)NC(=O)[C@H](CCCCN)NC(=O)[C@H](CCCNC(=N)N)NC(=O)[C@@H](N)Cc1ccccc1)C(=O)N[C@@H](CO)C(=O)N[C@@H](CCCNC(=N)N)C(=O)O. The summed E-state index contributed by atoms with van der Waals surface area (Å²) in [6.07, 6.45) is 3.95. The Bertz CT molecular complexity index is 4100. The van der Waals surface area contributed by atoms with Crippen molar-refractivity contribution in [2.24, 2.45) is 46.1 Å². The fraction of sp³-hybridized carbons (Fsp3) is 0.519. The number of carboxylic acid groups (broad SMARTS) is 1. The fourth-order valence-electron chi connectivity index (χ4n) is 12.7. The molecule has 12 amide bonds. The van der Waals surface area contributed by atoms with Crippen molar-refractivity contribution >= 4 is 111 Å². The number of benzene rings is 3. The second kappa shape index (κ2) is 49.7. The Morgan fingerprint density at radius 1 is 0.397 bits per heavy atom. The first-order valence-electron chi connectivity index (χ1n) is 39.0. The van der Waals surface area contributed by atoms with Gasteiger partial charge in [0.05, 0.1) is 19.1 Å². The van der Waals surface area contributed by atoms with E-state index in [9.17, 15) is 63.0 Å². The molecular formula is C77H118N24O15. The van der Waals surface area contributed by atoms with Gasteiger partial charge in [0.15, 0.2) is 11.9 Å². The molecule has 0 aliphatic carbocycles. The molecule has 0 aliphatic rings. The number of H-pyrrole nitrogens is 2. The zero-order valence-electron chi connectivity index (χ0n) is 65.9. The van der Waals surface area contributed by atoms with E-state index in [0.717, 1.165) is 5.56 Å². The Morgan fingerprint density at radius 3 is 1.16 bits per heavy atom. The lowest BCUT2D eigenvalue weighted by molar-refractivity contribution is -0.143. The molecule has 39 heteroatoms. The number of carboxylic acids is 1. The van der Waals surface area contributed by atoms with Gasteiger partial charge in [0.1, 0.15) is 66.5 Å². The maximum atomic E-state index is 15.1. The third kappa shape index (κ3) is 32.6. The zero-order chi connectivity index (χ0) is 85.4. The molecule has 0 saturated heterocycles. The number of fused-ring (bicyclic) bond motifs is 2. The highest BCUT2D eigenvalue weighted by Gasteiger charge is 2.38. The van der Waals surface area contributed by atoms with Crippen molar-refractivity contribution < 1.29 is 72.5 Å². The van der Waals surface area contributed by atoms with Crippen LogP contribution in [0.15, 0.2) is 91.3 Å². The molecule has 3 aromatic carbocycles. The molecule has 0 bridgehead atoms. The number of guanidine groups is 2. The predicted molar refractivity (Wildman–Crippen MR) is 434 cm³/mol. The Balaban J connectivity index is 1.42. The largest absolute Gasteiger partial charge is 0.480 e. The van der Waals surface area contributed by atoms with E-state index in [1.54, 1.807) is 99.0 Å². The lowest BCUT2D eigenvalue weighted by atomic mass is 10.0. The van der Waals surface area contributed by atoms with Gasteiger partial charge in [0.25, 0.3) is 0 Å². The summed E-state index contributed by atoms with van der Waals surface area (Å²) in [4.78, 5) is 190. The number of hydrogen-bond acceptors (Lipinski definition) is 20. The van der Waals surface area contributed by atoms with Gasteiger partial charge in [0, 0.05) is 60.1 Å². The summed E-state index contributed by atoms with van der Waals surface area (Å²) in [5, 5.41) is 70.1. The molecule has 0 radical (unpaired) electrons. The van der Waals surface area contributed by atoms with E-state index in [1.165, 1.54) is 6.92 Å². The Morgan fingerprint density at radius 2 is 0.741 bits per heavy atom. The monoisotopic (exact) mass is 1620 g/mol. The summed E-state index contributed by atoms with van der Waals surface area (Å²) in [6.45, 7) is 4.60. The number of nitrogens with two attached hydrogens (primary N) is 7. The van der Waals surface area contributed by atoms with Gasteiger partial charge >= 0.3 is 5.97 Å². The molecule has 0 unspecified atom stereocenters. The van der Waals surface area contributed by atoms with E-state index in [0.29, 0.717) is 58.6 Å². The summed E-state index contributed by atoms with van der Waals surface area (Å²) in [6, 6.07) is 5.42. The number of aliphatic hydroxyl groups excluding tert-OH is 1. The molecule has 5 aromatic rings. The van der Waals surface area contributed by atoms with Crippen molar-refractivity contribution in [3.05, 3.63) is 108 Å². The Labute approximate surface area is 672 Å². The van der Waals surface area contributed by atoms with Gasteiger partial charge in [-0.05, 0) is 158 Å². The van der Waals surface area contributed by atoms with Gasteiger partial charge in [-0.1, -0.05) is 80.6 Å². The normalized spacial score (nSPS) is 14.3. The van der Waals surface area contributed by atoms with Crippen molar-refractivity contribution in [3.63, 3.8) is 0 Å². The number of aromatic amines is 2. The van der Waals surface area contributed by atoms with Gasteiger partial charge in [-0.3, -0.25) is 68.4 Å². The molecule has 116 heavy (non-hydrogen) atoms. The van der Waals surface area contributed by atoms with E-state index in [4.69, 9.17) is 51.0 Å². The molecule has 5 rings (SSSR count). The molecule has 2 heterocycles. The lowest BCUT2D eigenvalue weighted by Crippen LogP contribution is -2.61. The molecule has 2 aromatic heterocycles. The second-order valence-electron chi connectivity index (χ2n) is 28.9. The third-order valence-corrected chi connectivity index (χ3v) is 19.0. The minimum Gasteiger partial charge on any atom is -0.480 e. The van der Waals surface area contributed by atoms with Gasteiger partial charge in [-0.2, -0.15) is 0 Å². The fourth-order valence-corrected chi connectivity index (χ4v) is 12.7. The van der Waals surface area contributed by atoms with Crippen LogP contribution in [0, 0.1) is 16.7 Å². The van der Waals surface area contributed by atoms with Crippen LogP contribution in [-0.2, 0) is 81.6 Å². The number of carbonyl (C=O) groups excluding carboxylic acids is 12. The van der Waals surface area contributed by atoms with E-state index >= 15 is 9.59 Å². The maximum Gasteiger partial charge on any atom is 0.326 e. The average Bonchev–Trinajstić information content (AvgIpc) is 1.66. The molecule has 0 fully saturated rings. The summed E-state index contributed by atoms with van der Waals surface area (Å²) in [5.41, 5.74) is 43.7. The minimum absolute atomic E-state index is 0.00729. The highest BCUT2D eigenvalue weighted by atomic mass is 16.4. The highest BCUT2D eigenvalue weighted by Crippen LogP contribution is 2.22. The van der Waals surface area contributed by atoms with E-state index < -0.39 is 162 Å².